The number of nitrogens with zero attached hydrogens (tertiary/aromatic N) is 2. The Morgan fingerprint density at radius 1 is 1.35 bits per heavy atom. The number of nitrogens with two attached hydrogens (primary N) is 1. The van der Waals surface area contributed by atoms with Gasteiger partial charge in [-0.2, -0.15) is 4.31 Å². The van der Waals surface area contributed by atoms with Crippen molar-refractivity contribution in [2.24, 2.45) is 0 Å². The first-order chi connectivity index (χ1) is 9.41. The molecule has 1 fully saturated rings. The van der Waals surface area contributed by atoms with Crippen molar-refractivity contribution >= 4 is 31.6 Å². The molecule has 7 heteroatoms. The van der Waals surface area contributed by atoms with E-state index < -0.39 is 10.0 Å². The van der Waals surface area contributed by atoms with Gasteiger partial charge in [0.05, 0.1) is 4.90 Å². The number of hydrogen-bond acceptors (Lipinski definition) is 4. The van der Waals surface area contributed by atoms with E-state index in [4.69, 9.17) is 5.73 Å². The molecule has 1 aliphatic rings. The summed E-state index contributed by atoms with van der Waals surface area (Å²) in [5, 5.41) is 0. The lowest BCUT2D eigenvalue weighted by molar-refractivity contribution is 0.310. The van der Waals surface area contributed by atoms with Crippen molar-refractivity contribution in [3.05, 3.63) is 22.7 Å². The molecule has 0 radical (unpaired) electrons. The zero-order chi connectivity index (χ0) is 14.8. The summed E-state index contributed by atoms with van der Waals surface area (Å²) in [5.41, 5.74) is 6.22. The summed E-state index contributed by atoms with van der Waals surface area (Å²) in [5.74, 6) is 0. The maximum absolute atomic E-state index is 12.4. The molecule has 0 unspecified atom stereocenters. The first-order valence-corrected chi connectivity index (χ1v) is 8.88. The lowest BCUT2D eigenvalue weighted by Gasteiger charge is -2.21. The topological polar surface area (TPSA) is 66.6 Å². The van der Waals surface area contributed by atoms with Gasteiger partial charge in [-0.15, -0.1) is 0 Å². The zero-order valence-electron chi connectivity index (χ0n) is 11.5. The van der Waals surface area contributed by atoms with Crippen LogP contribution < -0.4 is 5.73 Å². The van der Waals surface area contributed by atoms with Crippen molar-refractivity contribution in [3.63, 3.8) is 0 Å². The van der Waals surface area contributed by atoms with Crippen LogP contribution in [0.4, 0.5) is 5.69 Å². The monoisotopic (exact) mass is 361 g/mol. The fraction of sp³-hybridized carbons (Fsp3) is 0.538. The highest BCUT2D eigenvalue weighted by Crippen LogP contribution is 2.24. The zero-order valence-corrected chi connectivity index (χ0v) is 14.0. The second-order valence-electron chi connectivity index (χ2n) is 5.06. The summed E-state index contributed by atoms with van der Waals surface area (Å²) in [6.45, 7) is 3.43. The summed E-state index contributed by atoms with van der Waals surface area (Å²) < 4.78 is 26.9. The second-order valence-corrected chi connectivity index (χ2v) is 7.96. The standard InChI is InChI=1S/C13H20BrN3O2S/c1-16(8-9-17-6-2-3-7-17)20(18,19)11-4-5-13(15)12(14)10-11/h4-5,10H,2-3,6-9,15H2,1H3. The first-order valence-electron chi connectivity index (χ1n) is 6.65. The van der Waals surface area contributed by atoms with E-state index in [2.05, 4.69) is 20.8 Å². The largest absolute Gasteiger partial charge is 0.398 e. The Bertz CT molecular complexity index is 571. The molecule has 112 valence electrons. The molecule has 1 aliphatic heterocycles. The molecule has 1 aromatic carbocycles. The van der Waals surface area contributed by atoms with Crippen LogP contribution in [0.25, 0.3) is 0 Å². The van der Waals surface area contributed by atoms with Gasteiger partial charge in [0.25, 0.3) is 0 Å². The lowest BCUT2D eigenvalue weighted by Crippen LogP contribution is -2.35. The number of benzene rings is 1. The van der Waals surface area contributed by atoms with Crippen LogP contribution in [0.2, 0.25) is 0 Å². The molecule has 2 rings (SSSR count). The van der Waals surface area contributed by atoms with Crippen LogP contribution >= 0.6 is 15.9 Å². The Morgan fingerprint density at radius 3 is 2.60 bits per heavy atom. The number of likely N-dealkylation sites (tertiary alicyclic amines) is 1. The number of likely N-dealkylation sites (N-methyl/N-ethyl adjacent to an activating group) is 1. The Kier molecular flexibility index (Phi) is 5.06. The first kappa shape index (κ1) is 15.8. The third kappa shape index (κ3) is 3.52. The van der Waals surface area contributed by atoms with Crippen molar-refractivity contribution in [2.75, 3.05) is 39.0 Å². The Morgan fingerprint density at radius 2 is 2.00 bits per heavy atom. The van der Waals surface area contributed by atoms with Crippen molar-refractivity contribution < 1.29 is 8.42 Å². The molecule has 1 saturated heterocycles. The molecule has 1 heterocycles. The van der Waals surface area contributed by atoms with Gasteiger partial charge in [0.1, 0.15) is 0 Å². The van der Waals surface area contributed by atoms with Crippen LogP contribution in [0, 0.1) is 0 Å². The van der Waals surface area contributed by atoms with Gasteiger partial charge in [0.2, 0.25) is 10.0 Å². The van der Waals surface area contributed by atoms with E-state index in [1.165, 1.54) is 17.1 Å². The Hall–Kier alpha value is -0.630. The summed E-state index contributed by atoms with van der Waals surface area (Å²) in [7, 11) is -1.83. The summed E-state index contributed by atoms with van der Waals surface area (Å²) >= 11 is 3.26. The van der Waals surface area contributed by atoms with Crippen molar-refractivity contribution in [1.29, 1.82) is 0 Å². The average Bonchev–Trinajstić information content (AvgIpc) is 2.92. The van der Waals surface area contributed by atoms with E-state index in [9.17, 15) is 8.42 Å². The number of halogens is 1. The molecule has 5 nitrogen and oxygen atoms in total. The molecule has 1 aromatic rings. The molecule has 0 spiro atoms. The number of hydrogen-bond donors (Lipinski definition) is 1. The van der Waals surface area contributed by atoms with Crippen LogP contribution in [0.1, 0.15) is 12.8 Å². The quantitative estimate of drug-likeness (QED) is 0.811. The van der Waals surface area contributed by atoms with Gasteiger partial charge in [0, 0.05) is 30.3 Å². The van der Waals surface area contributed by atoms with Crippen molar-refractivity contribution in [3.8, 4) is 0 Å². The van der Waals surface area contributed by atoms with E-state index in [1.807, 2.05) is 0 Å². The highest BCUT2D eigenvalue weighted by molar-refractivity contribution is 9.10. The fourth-order valence-electron chi connectivity index (χ4n) is 2.26. The Balaban J connectivity index is 2.06. The predicted octanol–water partition coefficient (Wildman–Crippen LogP) is 1.75. The van der Waals surface area contributed by atoms with Gasteiger partial charge in [0.15, 0.2) is 0 Å². The lowest BCUT2D eigenvalue weighted by atomic mass is 10.3. The summed E-state index contributed by atoms with van der Waals surface area (Å²) in [6, 6.07) is 4.70. The smallest absolute Gasteiger partial charge is 0.242 e. The van der Waals surface area contributed by atoms with E-state index in [0.717, 1.165) is 19.6 Å². The van der Waals surface area contributed by atoms with E-state index in [1.54, 1.807) is 25.2 Å². The highest BCUT2D eigenvalue weighted by Gasteiger charge is 2.22. The molecular weight excluding hydrogens is 342 g/mol. The van der Waals surface area contributed by atoms with Crippen LogP contribution in [-0.4, -0.2) is 50.8 Å². The number of sulfonamides is 1. The van der Waals surface area contributed by atoms with Gasteiger partial charge in [-0.1, -0.05) is 0 Å². The fourth-order valence-corrected chi connectivity index (χ4v) is 3.98. The van der Waals surface area contributed by atoms with E-state index >= 15 is 0 Å². The minimum absolute atomic E-state index is 0.266. The molecule has 0 aliphatic carbocycles. The van der Waals surface area contributed by atoms with Gasteiger partial charge in [-0.05, 0) is 60.1 Å². The van der Waals surface area contributed by atoms with Crippen LogP contribution in [-0.2, 0) is 10.0 Å². The minimum Gasteiger partial charge on any atom is -0.398 e. The van der Waals surface area contributed by atoms with Gasteiger partial charge >= 0.3 is 0 Å². The van der Waals surface area contributed by atoms with E-state index in [0.29, 0.717) is 16.7 Å². The molecule has 0 aromatic heterocycles. The molecule has 0 saturated carbocycles. The number of anilines is 1. The maximum Gasteiger partial charge on any atom is 0.242 e. The van der Waals surface area contributed by atoms with Crippen molar-refractivity contribution in [2.45, 2.75) is 17.7 Å². The van der Waals surface area contributed by atoms with Gasteiger partial charge in [-0.3, -0.25) is 0 Å². The van der Waals surface area contributed by atoms with Gasteiger partial charge < -0.3 is 10.6 Å². The third-order valence-corrected chi connectivity index (χ3v) is 6.15. The normalized spacial score (nSPS) is 16.9. The summed E-state index contributed by atoms with van der Waals surface area (Å²) in [6.07, 6.45) is 2.42. The van der Waals surface area contributed by atoms with E-state index in [-0.39, 0.29) is 4.90 Å². The van der Waals surface area contributed by atoms with Crippen LogP contribution in [0.5, 0.6) is 0 Å². The molecule has 0 bridgehead atoms. The number of nitrogen functional groups attached to an aromatic ring is 1. The predicted molar refractivity (Wildman–Crippen MR) is 84.0 cm³/mol. The SMILES string of the molecule is CN(CCN1CCCC1)S(=O)(=O)c1ccc(N)c(Br)c1. The highest BCUT2D eigenvalue weighted by atomic mass is 79.9. The second kappa shape index (κ2) is 6.43. The molecule has 2 N–H and O–H groups in total. The van der Waals surface area contributed by atoms with Crippen LogP contribution in [0.15, 0.2) is 27.6 Å². The van der Waals surface area contributed by atoms with Gasteiger partial charge in [-0.25, -0.2) is 8.42 Å². The third-order valence-electron chi connectivity index (χ3n) is 3.61. The van der Waals surface area contributed by atoms with Crippen LogP contribution in [0.3, 0.4) is 0 Å². The molecule has 0 atom stereocenters. The molecular formula is C13H20BrN3O2S. The Labute approximate surface area is 128 Å². The number of rotatable bonds is 5. The molecule has 0 amide bonds. The minimum atomic E-state index is -3.45. The maximum atomic E-state index is 12.4. The molecule has 20 heavy (non-hydrogen) atoms. The summed E-state index contributed by atoms with van der Waals surface area (Å²) in [4.78, 5) is 2.56. The average molecular weight is 362 g/mol. The van der Waals surface area contributed by atoms with Crippen molar-refractivity contribution in [1.82, 2.24) is 9.21 Å².